The van der Waals surface area contributed by atoms with Gasteiger partial charge in [0.05, 0.1) is 17.4 Å². The number of rotatable bonds is 6. The summed E-state index contributed by atoms with van der Waals surface area (Å²) in [6.07, 6.45) is 7.75. The molecule has 102 valence electrons. The van der Waals surface area contributed by atoms with Crippen LogP contribution in [0.1, 0.15) is 63.4 Å². The minimum Gasteiger partial charge on any atom is -0.308 e. The second-order valence-corrected chi connectivity index (χ2v) is 5.51. The molecule has 1 unspecified atom stereocenters. The summed E-state index contributed by atoms with van der Waals surface area (Å²) in [5, 5.41) is 8.35. The van der Waals surface area contributed by atoms with Crippen LogP contribution in [0.2, 0.25) is 0 Å². The Kier molecular flexibility index (Phi) is 4.81. The first kappa shape index (κ1) is 13.6. The molecule has 0 saturated heterocycles. The smallest absolute Gasteiger partial charge is 0.0625 e. The SMILES string of the molecule is CCCNC(c1cc(CC)nn1C)C1CCCC1. The molecule has 1 aromatic rings. The van der Waals surface area contributed by atoms with Crippen LogP contribution in [0.25, 0.3) is 0 Å². The van der Waals surface area contributed by atoms with E-state index >= 15 is 0 Å². The number of nitrogens with zero attached hydrogens (tertiary/aromatic N) is 2. The highest BCUT2D eigenvalue weighted by atomic mass is 15.3. The van der Waals surface area contributed by atoms with Crippen LogP contribution in [0, 0.1) is 5.92 Å². The Bertz CT molecular complexity index is 364. The summed E-state index contributed by atoms with van der Waals surface area (Å²) in [5.41, 5.74) is 2.60. The van der Waals surface area contributed by atoms with Crippen molar-refractivity contribution in [1.29, 1.82) is 0 Å². The van der Waals surface area contributed by atoms with Crippen LogP contribution in [-0.4, -0.2) is 16.3 Å². The first-order chi connectivity index (χ1) is 8.76. The van der Waals surface area contributed by atoms with Gasteiger partial charge in [0.25, 0.3) is 0 Å². The van der Waals surface area contributed by atoms with Crippen LogP contribution >= 0.6 is 0 Å². The molecule has 2 rings (SSSR count). The lowest BCUT2D eigenvalue weighted by molar-refractivity contribution is 0.351. The Hall–Kier alpha value is -0.830. The van der Waals surface area contributed by atoms with Gasteiger partial charge in [0, 0.05) is 7.05 Å². The van der Waals surface area contributed by atoms with E-state index in [9.17, 15) is 0 Å². The maximum absolute atomic E-state index is 4.61. The van der Waals surface area contributed by atoms with Gasteiger partial charge in [-0.2, -0.15) is 5.10 Å². The summed E-state index contributed by atoms with van der Waals surface area (Å²) in [4.78, 5) is 0. The molecule has 1 heterocycles. The summed E-state index contributed by atoms with van der Waals surface area (Å²) < 4.78 is 2.09. The zero-order valence-electron chi connectivity index (χ0n) is 12.1. The maximum atomic E-state index is 4.61. The van der Waals surface area contributed by atoms with E-state index in [1.54, 1.807) is 0 Å². The zero-order chi connectivity index (χ0) is 13.0. The second kappa shape index (κ2) is 6.37. The van der Waals surface area contributed by atoms with E-state index in [2.05, 4.69) is 42.1 Å². The van der Waals surface area contributed by atoms with Gasteiger partial charge in [0.2, 0.25) is 0 Å². The minimum absolute atomic E-state index is 0.505. The second-order valence-electron chi connectivity index (χ2n) is 5.51. The summed E-state index contributed by atoms with van der Waals surface area (Å²) in [6.45, 7) is 5.52. The van der Waals surface area contributed by atoms with Crippen molar-refractivity contribution in [3.05, 3.63) is 17.5 Å². The summed E-state index contributed by atoms with van der Waals surface area (Å²) in [6, 6.07) is 2.80. The third-order valence-corrected chi connectivity index (χ3v) is 4.13. The lowest BCUT2D eigenvalue weighted by atomic mass is 9.94. The first-order valence-electron chi connectivity index (χ1n) is 7.52. The first-order valence-corrected chi connectivity index (χ1v) is 7.52. The minimum atomic E-state index is 0.505. The lowest BCUT2D eigenvalue weighted by Crippen LogP contribution is -2.29. The standard InChI is InChI=1S/C15H27N3/c1-4-10-16-15(12-8-6-7-9-12)14-11-13(5-2)17-18(14)3/h11-12,15-16H,4-10H2,1-3H3. The molecule has 1 N–H and O–H groups in total. The molecule has 3 nitrogen and oxygen atoms in total. The molecule has 1 aliphatic carbocycles. The van der Waals surface area contributed by atoms with Crippen molar-refractivity contribution < 1.29 is 0 Å². The Morgan fingerprint density at radius 2 is 2.11 bits per heavy atom. The third kappa shape index (κ3) is 2.94. The molecule has 0 bridgehead atoms. The average molecular weight is 249 g/mol. The Labute approximate surface area is 111 Å². The maximum Gasteiger partial charge on any atom is 0.0625 e. The predicted octanol–water partition coefficient (Wildman–Crippen LogP) is 3.21. The van der Waals surface area contributed by atoms with Gasteiger partial charge < -0.3 is 5.32 Å². The molecule has 1 fully saturated rings. The van der Waals surface area contributed by atoms with Crippen molar-refractivity contribution in [2.24, 2.45) is 13.0 Å². The number of nitrogens with one attached hydrogen (secondary N) is 1. The fraction of sp³-hybridized carbons (Fsp3) is 0.800. The van der Waals surface area contributed by atoms with Crippen LogP contribution in [-0.2, 0) is 13.5 Å². The zero-order valence-corrected chi connectivity index (χ0v) is 12.1. The average Bonchev–Trinajstić information content (AvgIpc) is 3.00. The van der Waals surface area contributed by atoms with E-state index in [4.69, 9.17) is 0 Å². The topological polar surface area (TPSA) is 29.9 Å². The van der Waals surface area contributed by atoms with Crippen LogP contribution in [0.15, 0.2) is 6.07 Å². The molecule has 18 heavy (non-hydrogen) atoms. The molecule has 3 heteroatoms. The number of aryl methyl sites for hydroxylation is 2. The molecule has 1 saturated carbocycles. The molecule has 0 spiro atoms. The van der Waals surface area contributed by atoms with Crippen LogP contribution < -0.4 is 5.32 Å². The molecule has 1 atom stereocenters. The highest BCUT2D eigenvalue weighted by molar-refractivity contribution is 5.15. The molecule has 0 radical (unpaired) electrons. The van der Waals surface area contributed by atoms with Gasteiger partial charge in [0.1, 0.15) is 0 Å². The van der Waals surface area contributed by atoms with Gasteiger partial charge in [-0.05, 0) is 44.2 Å². The van der Waals surface area contributed by atoms with Crippen LogP contribution in [0.5, 0.6) is 0 Å². The third-order valence-electron chi connectivity index (χ3n) is 4.13. The van der Waals surface area contributed by atoms with Crippen molar-refractivity contribution in [1.82, 2.24) is 15.1 Å². The molecule has 1 aliphatic rings. The molecule has 0 aliphatic heterocycles. The van der Waals surface area contributed by atoms with E-state index < -0.39 is 0 Å². The van der Waals surface area contributed by atoms with Crippen molar-refractivity contribution in [3.63, 3.8) is 0 Å². The number of aromatic nitrogens is 2. The quantitative estimate of drug-likeness (QED) is 0.839. The highest BCUT2D eigenvalue weighted by Crippen LogP contribution is 2.35. The largest absolute Gasteiger partial charge is 0.308 e. The van der Waals surface area contributed by atoms with Gasteiger partial charge in [-0.1, -0.05) is 26.7 Å². The lowest BCUT2D eigenvalue weighted by Gasteiger charge is -2.24. The van der Waals surface area contributed by atoms with E-state index in [1.807, 2.05) is 0 Å². The fourth-order valence-corrected chi connectivity index (χ4v) is 3.11. The van der Waals surface area contributed by atoms with Crippen LogP contribution in [0.4, 0.5) is 0 Å². The highest BCUT2D eigenvalue weighted by Gasteiger charge is 2.28. The van der Waals surface area contributed by atoms with Gasteiger partial charge in [0.15, 0.2) is 0 Å². The Balaban J connectivity index is 2.17. The Morgan fingerprint density at radius 1 is 1.39 bits per heavy atom. The monoisotopic (exact) mass is 249 g/mol. The molecular weight excluding hydrogens is 222 g/mol. The van der Waals surface area contributed by atoms with Crippen molar-refractivity contribution in [2.75, 3.05) is 6.54 Å². The fourth-order valence-electron chi connectivity index (χ4n) is 3.11. The summed E-state index contributed by atoms with van der Waals surface area (Å²) >= 11 is 0. The number of hydrogen-bond donors (Lipinski definition) is 1. The molecule has 0 amide bonds. The van der Waals surface area contributed by atoms with Crippen molar-refractivity contribution in [3.8, 4) is 0 Å². The van der Waals surface area contributed by atoms with Crippen molar-refractivity contribution >= 4 is 0 Å². The molecular formula is C15H27N3. The van der Waals surface area contributed by atoms with Gasteiger partial charge >= 0.3 is 0 Å². The molecule has 1 aromatic heterocycles. The van der Waals surface area contributed by atoms with E-state index in [-0.39, 0.29) is 0 Å². The number of hydrogen-bond acceptors (Lipinski definition) is 2. The van der Waals surface area contributed by atoms with Gasteiger partial charge in [-0.3, -0.25) is 4.68 Å². The normalized spacial score (nSPS) is 18.4. The summed E-state index contributed by atoms with van der Waals surface area (Å²) in [7, 11) is 2.09. The predicted molar refractivity (Wildman–Crippen MR) is 75.6 cm³/mol. The van der Waals surface area contributed by atoms with Crippen molar-refractivity contribution in [2.45, 2.75) is 58.4 Å². The van der Waals surface area contributed by atoms with E-state index in [0.29, 0.717) is 6.04 Å². The van der Waals surface area contributed by atoms with Gasteiger partial charge in [-0.25, -0.2) is 0 Å². The van der Waals surface area contributed by atoms with E-state index in [1.165, 1.54) is 43.5 Å². The van der Waals surface area contributed by atoms with Crippen LogP contribution in [0.3, 0.4) is 0 Å². The van der Waals surface area contributed by atoms with Gasteiger partial charge in [-0.15, -0.1) is 0 Å². The summed E-state index contributed by atoms with van der Waals surface area (Å²) in [5.74, 6) is 0.802. The Morgan fingerprint density at radius 3 is 2.67 bits per heavy atom. The van der Waals surface area contributed by atoms with E-state index in [0.717, 1.165) is 18.9 Å². The molecule has 0 aromatic carbocycles.